The number of para-hydroxylation sites is 1. The van der Waals surface area contributed by atoms with Gasteiger partial charge >= 0.3 is 0 Å². The van der Waals surface area contributed by atoms with E-state index in [4.69, 9.17) is 4.74 Å². The number of fused-ring (bicyclic) bond motifs is 1. The van der Waals surface area contributed by atoms with Gasteiger partial charge < -0.3 is 4.74 Å². The summed E-state index contributed by atoms with van der Waals surface area (Å²) in [5.74, 6) is 0.907. The maximum Gasteiger partial charge on any atom is 0.119 e. The van der Waals surface area contributed by atoms with E-state index in [1.807, 2.05) is 37.3 Å². The zero-order valence-corrected chi connectivity index (χ0v) is 12.1. The number of rotatable bonds is 4. The molecule has 0 bridgehead atoms. The van der Waals surface area contributed by atoms with Crippen LogP contribution in [0.4, 0.5) is 0 Å². The fraction of sp³-hybridized carbons (Fsp3) is 0.118. The van der Waals surface area contributed by atoms with Crippen LogP contribution < -0.4 is 4.74 Å². The molecule has 0 N–H and O–H groups in total. The van der Waals surface area contributed by atoms with E-state index >= 15 is 0 Å². The maximum atomic E-state index is 5.43. The van der Waals surface area contributed by atoms with Crippen LogP contribution in [0.25, 0.3) is 22.4 Å². The van der Waals surface area contributed by atoms with Crippen LogP contribution in [0.2, 0.25) is 0 Å². The number of aromatic nitrogens is 1. The monoisotopic (exact) mass is 281 g/mol. The van der Waals surface area contributed by atoms with E-state index in [1.54, 1.807) is 11.3 Å². The summed E-state index contributed by atoms with van der Waals surface area (Å²) in [6, 6.07) is 16.3. The SMILES string of the molecule is CCOc1ccc(/C=C/c2nc3ccccc3s2)cc1. The Kier molecular flexibility index (Phi) is 3.79. The molecule has 0 amide bonds. The molecular weight excluding hydrogens is 266 g/mol. The highest BCUT2D eigenvalue weighted by Crippen LogP contribution is 2.23. The first-order chi connectivity index (χ1) is 9.85. The van der Waals surface area contributed by atoms with Crippen LogP contribution in [0.15, 0.2) is 48.5 Å². The van der Waals surface area contributed by atoms with Crippen molar-refractivity contribution in [2.24, 2.45) is 0 Å². The van der Waals surface area contributed by atoms with Gasteiger partial charge in [-0.25, -0.2) is 4.98 Å². The average molecular weight is 281 g/mol. The molecule has 0 radical (unpaired) electrons. The molecule has 0 atom stereocenters. The summed E-state index contributed by atoms with van der Waals surface area (Å²) < 4.78 is 6.65. The Hall–Kier alpha value is -2.13. The fourth-order valence-corrected chi connectivity index (χ4v) is 2.84. The Balaban J connectivity index is 1.79. The minimum atomic E-state index is 0.695. The highest BCUT2D eigenvalue weighted by molar-refractivity contribution is 7.19. The Morgan fingerprint density at radius 3 is 2.60 bits per heavy atom. The van der Waals surface area contributed by atoms with Gasteiger partial charge in [-0.3, -0.25) is 0 Å². The maximum absolute atomic E-state index is 5.43. The normalized spacial score (nSPS) is 11.2. The van der Waals surface area contributed by atoms with E-state index in [2.05, 4.69) is 35.3 Å². The van der Waals surface area contributed by atoms with E-state index in [9.17, 15) is 0 Å². The van der Waals surface area contributed by atoms with E-state index in [-0.39, 0.29) is 0 Å². The molecule has 0 saturated carbocycles. The third-order valence-electron chi connectivity index (χ3n) is 2.92. The lowest BCUT2D eigenvalue weighted by molar-refractivity contribution is 0.340. The van der Waals surface area contributed by atoms with Gasteiger partial charge in [-0.15, -0.1) is 11.3 Å². The van der Waals surface area contributed by atoms with Crippen LogP contribution in [0.5, 0.6) is 5.75 Å². The fourth-order valence-electron chi connectivity index (χ4n) is 1.97. The smallest absolute Gasteiger partial charge is 0.119 e. The number of thiazole rings is 1. The predicted molar refractivity (Wildman–Crippen MR) is 86.2 cm³/mol. The molecule has 3 aromatic rings. The van der Waals surface area contributed by atoms with Crippen molar-refractivity contribution in [2.75, 3.05) is 6.61 Å². The van der Waals surface area contributed by atoms with Crippen LogP contribution in [-0.2, 0) is 0 Å². The molecule has 0 unspecified atom stereocenters. The highest BCUT2D eigenvalue weighted by atomic mass is 32.1. The number of hydrogen-bond donors (Lipinski definition) is 0. The van der Waals surface area contributed by atoms with Gasteiger partial charge in [0.05, 0.1) is 16.8 Å². The van der Waals surface area contributed by atoms with Crippen LogP contribution in [0, 0.1) is 0 Å². The van der Waals surface area contributed by atoms with Crippen molar-refractivity contribution in [3.63, 3.8) is 0 Å². The summed E-state index contributed by atoms with van der Waals surface area (Å²) in [7, 11) is 0. The molecular formula is C17H15NOS. The minimum absolute atomic E-state index is 0.695. The molecule has 0 aliphatic rings. The lowest BCUT2D eigenvalue weighted by Gasteiger charge is -2.01. The molecule has 0 saturated heterocycles. The van der Waals surface area contributed by atoms with Crippen molar-refractivity contribution in [1.82, 2.24) is 4.98 Å². The summed E-state index contributed by atoms with van der Waals surface area (Å²) >= 11 is 1.71. The zero-order valence-electron chi connectivity index (χ0n) is 11.2. The standard InChI is InChI=1S/C17H15NOS/c1-2-19-14-10-7-13(8-11-14)9-12-17-18-15-5-3-4-6-16(15)20-17/h3-12H,2H2,1H3/b12-9+. The molecule has 1 heterocycles. The second-order valence-electron chi connectivity index (χ2n) is 4.36. The van der Waals surface area contributed by atoms with Crippen molar-refractivity contribution < 1.29 is 4.74 Å². The Morgan fingerprint density at radius 2 is 1.85 bits per heavy atom. The quantitative estimate of drug-likeness (QED) is 0.681. The van der Waals surface area contributed by atoms with E-state index in [1.165, 1.54) is 4.70 Å². The van der Waals surface area contributed by atoms with Crippen molar-refractivity contribution in [3.05, 3.63) is 59.1 Å². The third kappa shape index (κ3) is 2.89. The third-order valence-corrected chi connectivity index (χ3v) is 3.92. The van der Waals surface area contributed by atoms with Crippen molar-refractivity contribution in [3.8, 4) is 5.75 Å². The van der Waals surface area contributed by atoms with Crippen LogP contribution in [0.3, 0.4) is 0 Å². The van der Waals surface area contributed by atoms with Crippen LogP contribution in [0.1, 0.15) is 17.5 Å². The van der Waals surface area contributed by atoms with Crippen molar-refractivity contribution in [1.29, 1.82) is 0 Å². The van der Waals surface area contributed by atoms with Crippen molar-refractivity contribution >= 4 is 33.7 Å². The van der Waals surface area contributed by atoms with Gasteiger partial charge in [0.25, 0.3) is 0 Å². The molecule has 0 spiro atoms. The van der Waals surface area contributed by atoms with Crippen LogP contribution in [-0.4, -0.2) is 11.6 Å². The second-order valence-corrected chi connectivity index (χ2v) is 5.42. The molecule has 1 aromatic heterocycles. The molecule has 0 aliphatic heterocycles. The summed E-state index contributed by atoms with van der Waals surface area (Å²) in [4.78, 5) is 4.58. The highest BCUT2D eigenvalue weighted by Gasteiger charge is 1.99. The number of nitrogens with zero attached hydrogens (tertiary/aromatic N) is 1. The summed E-state index contributed by atoms with van der Waals surface area (Å²) in [6.45, 7) is 2.68. The molecule has 3 rings (SSSR count). The average Bonchev–Trinajstić information content (AvgIpc) is 2.90. The molecule has 0 aliphatic carbocycles. The van der Waals surface area contributed by atoms with Crippen LogP contribution >= 0.6 is 11.3 Å². The Labute approximate surface area is 122 Å². The van der Waals surface area contributed by atoms with Gasteiger partial charge in [0.1, 0.15) is 10.8 Å². The molecule has 20 heavy (non-hydrogen) atoms. The molecule has 100 valence electrons. The van der Waals surface area contributed by atoms with Gasteiger partial charge in [-0.1, -0.05) is 30.3 Å². The Morgan fingerprint density at radius 1 is 1.05 bits per heavy atom. The number of hydrogen-bond acceptors (Lipinski definition) is 3. The zero-order chi connectivity index (χ0) is 13.8. The first kappa shape index (κ1) is 12.9. The molecule has 2 nitrogen and oxygen atoms in total. The molecule has 2 aromatic carbocycles. The summed E-state index contributed by atoms with van der Waals surface area (Å²) in [5.41, 5.74) is 2.21. The summed E-state index contributed by atoms with van der Waals surface area (Å²) in [5, 5.41) is 1.03. The number of ether oxygens (including phenoxy) is 1. The predicted octanol–water partition coefficient (Wildman–Crippen LogP) is 4.87. The van der Waals surface area contributed by atoms with Crippen molar-refractivity contribution in [2.45, 2.75) is 6.92 Å². The second kappa shape index (κ2) is 5.88. The van der Waals surface area contributed by atoms with Gasteiger partial charge in [0, 0.05) is 0 Å². The lowest BCUT2D eigenvalue weighted by atomic mass is 10.2. The molecule has 3 heteroatoms. The van der Waals surface area contributed by atoms with E-state index < -0.39 is 0 Å². The minimum Gasteiger partial charge on any atom is -0.494 e. The number of benzene rings is 2. The topological polar surface area (TPSA) is 22.1 Å². The first-order valence-electron chi connectivity index (χ1n) is 6.61. The largest absolute Gasteiger partial charge is 0.494 e. The van der Waals surface area contributed by atoms with Gasteiger partial charge in [-0.05, 0) is 42.8 Å². The summed E-state index contributed by atoms with van der Waals surface area (Å²) in [6.07, 6.45) is 4.13. The van der Waals surface area contributed by atoms with Gasteiger partial charge in [-0.2, -0.15) is 0 Å². The molecule has 0 fully saturated rings. The van der Waals surface area contributed by atoms with Gasteiger partial charge in [0.15, 0.2) is 0 Å². The lowest BCUT2D eigenvalue weighted by Crippen LogP contribution is -1.90. The van der Waals surface area contributed by atoms with E-state index in [0.29, 0.717) is 6.61 Å². The Bertz CT molecular complexity index is 695. The van der Waals surface area contributed by atoms with E-state index in [0.717, 1.165) is 21.8 Å². The van der Waals surface area contributed by atoms with Gasteiger partial charge in [0.2, 0.25) is 0 Å². The first-order valence-corrected chi connectivity index (χ1v) is 7.43.